The van der Waals surface area contributed by atoms with Gasteiger partial charge in [-0.15, -0.1) is 0 Å². The molecular formula is C8H14O2. The minimum atomic E-state index is 0.0182. The Bertz CT molecular complexity index is 147. The van der Waals surface area contributed by atoms with E-state index in [4.69, 9.17) is 9.47 Å². The van der Waals surface area contributed by atoms with Gasteiger partial charge >= 0.3 is 0 Å². The number of hydrogen-bond acceptors (Lipinski definition) is 2. The zero-order chi connectivity index (χ0) is 7.61. The van der Waals surface area contributed by atoms with Gasteiger partial charge in [0.05, 0.1) is 25.6 Å². The van der Waals surface area contributed by atoms with E-state index in [2.05, 4.69) is 13.8 Å². The van der Waals surface area contributed by atoms with Gasteiger partial charge in [0.2, 0.25) is 0 Å². The summed E-state index contributed by atoms with van der Waals surface area (Å²) in [5.74, 6) is 0. The van der Waals surface area contributed by atoms with Gasteiger partial charge in [-0.05, 0) is 19.4 Å². The zero-order valence-electron chi connectivity index (χ0n) is 6.81. The summed E-state index contributed by atoms with van der Waals surface area (Å²) in [5, 5.41) is 0. The standard InChI is InChI=1S/C8H14O2/c1-8(2)4-7(5-9-3)6-10-8/h5H,4,6H2,1-3H3/b7-5-. The molecule has 1 fully saturated rings. The van der Waals surface area contributed by atoms with Crippen LogP contribution in [0.3, 0.4) is 0 Å². The maximum absolute atomic E-state index is 5.46. The first kappa shape index (κ1) is 7.61. The quantitative estimate of drug-likeness (QED) is 0.519. The lowest BCUT2D eigenvalue weighted by Crippen LogP contribution is -2.16. The normalized spacial score (nSPS) is 27.3. The fourth-order valence-corrected chi connectivity index (χ4v) is 1.18. The van der Waals surface area contributed by atoms with Crippen LogP contribution < -0.4 is 0 Å². The molecule has 1 aliphatic heterocycles. The predicted molar refractivity (Wildman–Crippen MR) is 39.7 cm³/mol. The molecule has 1 rings (SSSR count). The van der Waals surface area contributed by atoms with Crippen LogP contribution in [-0.2, 0) is 9.47 Å². The molecule has 0 bridgehead atoms. The van der Waals surface area contributed by atoms with Gasteiger partial charge in [-0.3, -0.25) is 0 Å². The Hall–Kier alpha value is -0.500. The molecule has 0 amide bonds. The van der Waals surface area contributed by atoms with Crippen molar-refractivity contribution in [3.8, 4) is 0 Å². The lowest BCUT2D eigenvalue weighted by Gasteiger charge is -2.13. The molecule has 0 saturated carbocycles. The number of rotatable bonds is 1. The Morgan fingerprint density at radius 3 is 2.70 bits per heavy atom. The molecule has 0 unspecified atom stereocenters. The summed E-state index contributed by atoms with van der Waals surface area (Å²) in [7, 11) is 1.66. The van der Waals surface area contributed by atoms with Gasteiger partial charge in [-0.25, -0.2) is 0 Å². The number of methoxy groups -OCH3 is 1. The minimum Gasteiger partial charge on any atom is -0.504 e. The van der Waals surface area contributed by atoms with E-state index in [0.29, 0.717) is 0 Å². The van der Waals surface area contributed by atoms with Gasteiger partial charge in [0.1, 0.15) is 0 Å². The third-order valence-corrected chi connectivity index (χ3v) is 1.59. The number of hydrogen-bond donors (Lipinski definition) is 0. The van der Waals surface area contributed by atoms with Crippen LogP contribution >= 0.6 is 0 Å². The summed E-state index contributed by atoms with van der Waals surface area (Å²) in [6, 6.07) is 0. The summed E-state index contributed by atoms with van der Waals surface area (Å²) in [4.78, 5) is 0. The van der Waals surface area contributed by atoms with E-state index in [1.165, 1.54) is 5.57 Å². The highest BCUT2D eigenvalue weighted by Gasteiger charge is 2.27. The summed E-state index contributed by atoms with van der Waals surface area (Å²) >= 11 is 0. The molecule has 0 atom stereocenters. The van der Waals surface area contributed by atoms with Gasteiger partial charge < -0.3 is 9.47 Å². The van der Waals surface area contributed by atoms with Crippen molar-refractivity contribution in [1.29, 1.82) is 0 Å². The third-order valence-electron chi connectivity index (χ3n) is 1.59. The van der Waals surface area contributed by atoms with Crippen molar-refractivity contribution in [1.82, 2.24) is 0 Å². The maximum Gasteiger partial charge on any atom is 0.0840 e. The Labute approximate surface area is 61.8 Å². The molecule has 0 aromatic heterocycles. The molecule has 0 radical (unpaired) electrons. The molecule has 2 heteroatoms. The lowest BCUT2D eigenvalue weighted by molar-refractivity contribution is 0.0377. The average Bonchev–Trinajstić information content (AvgIpc) is 2.12. The topological polar surface area (TPSA) is 18.5 Å². The summed E-state index contributed by atoms with van der Waals surface area (Å²) in [6.45, 7) is 4.90. The highest BCUT2D eigenvalue weighted by molar-refractivity contribution is 5.07. The Balaban J connectivity index is 2.51. The summed E-state index contributed by atoms with van der Waals surface area (Å²) in [5.41, 5.74) is 1.26. The molecule has 10 heavy (non-hydrogen) atoms. The fourth-order valence-electron chi connectivity index (χ4n) is 1.18. The second-order valence-corrected chi connectivity index (χ2v) is 3.24. The van der Waals surface area contributed by atoms with Crippen molar-refractivity contribution >= 4 is 0 Å². The molecule has 2 nitrogen and oxygen atoms in total. The van der Waals surface area contributed by atoms with Crippen LogP contribution in [0, 0.1) is 0 Å². The van der Waals surface area contributed by atoms with Crippen molar-refractivity contribution in [3.63, 3.8) is 0 Å². The van der Waals surface area contributed by atoms with Gasteiger partial charge in [0.15, 0.2) is 0 Å². The maximum atomic E-state index is 5.46. The van der Waals surface area contributed by atoms with Crippen molar-refractivity contribution in [2.45, 2.75) is 25.9 Å². The molecule has 0 N–H and O–H groups in total. The van der Waals surface area contributed by atoms with Crippen molar-refractivity contribution in [2.75, 3.05) is 13.7 Å². The van der Waals surface area contributed by atoms with Crippen LogP contribution in [0.1, 0.15) is 20.3 Å². The Kier molecular flexibility index (Phi) is 2.00. The van der Waals surface area contributed by atoms with Crippen LogP contribution in [0.25, 0.3) is 0 Å². The average molecular weight is 142 g/mol. The smallest absolute Gasteiger partial charge is 0.0840 e. The highest BCUT2D eigenvalue weighted by Crippen LogP contribution is 2.27. The molecule has 0 aliphatic carbocycles. The van der Waals surface area contributed by atoms with Crippen LogP contribution in [0.5, 0.6) is 0 Å². The summed E-state index contributed by atoms with van der Waals surface area (Å²) < 4.78 is 10.3. The fraction of sp³-hybridized carbons (Fsp3) is 0.750. The second kappa shape index (κ2) is 2.62. The van der Waals surface area contributed by atoms with Crippen LogP contribution in [-0.4, -0.2) is 19.3 Å². The second-order valence-electron chi connectivity index (χ2n) is 3.24. The van der Waals surface area contributed by atoms with E-state index in [-0.39, 0.29) is 5.60 Å². The van der Waals surface area contributed by atoms with Crippen LogP contribution in [0.2, 0.25) is 0 Å². The number of ether oxygens (including phenoxy) is 2. The first-order valence-corrected chi connectivity index (χ1v) is 3.49. The minimum absolute atomic E-state index is 0.0182. The molecule has 0 aromatic carbocycles. The first-order chi connectivity index (χ1) is 4.64. The monoisotopic (exact) mass is 142 g/mol. The Morgan fingerprint density at radius 2 is 2.30 bits per heavy atom. The lowest BCUT2D eigenvalue weighted by atomic mass is 10.0. The molecule has 1 aliphatic rings. The summed E-state index contributed by atoms with van der Waals surface area (Å²) in [6.07, 6.45) is 2.76. The predicted octanol–water partition coefficient (Wildman–Crippen LogP) is 1.72. The third kappa shape index (κ3) is 1.74. The SMILES string of the molecule is CO/C=C1\COC(C)(C)C1. The largest absolute Gasteiger partial charge is 0.504 e. The van der Waals surface area contributed by atoms with E-state index >= 15 is 0 Å². The van der Waals surface area contributed by atoms with E-state index in [0.717, 1.165) is 13.0 Å². The highest BCUT2D eigenvalue weighted by atomic mass is 16.5. The van der Waals surface area contributed by atoms with E-state index < -0.39 is 0 Å². The molecule has 0 spiro atoms. The molecule has 1 heterocycles. The molecule has 1 saturated heterocycles. The van der Waals surface area contributed by atoms with Gasteiger partial charge in [0.25, 0.3) is 0 Å². The molecular weight excluding hydrogens is 128 g/mol. The Morgan fingerprint density at radius 1 is 1.60 bits per heavy atom. The van der Waals surface area contributed by atoms with Crippen molar-refractivity contribution in [3.05, 3.63) is 11.8 Å². The van der Waals surface area contributed by atoms with E-state index in [1.54, 1.807) is 13.4 Å². The van der Waals surface area contributed by atoms with Crippen molar-refractivity contribution in [2.24, 2.45) is 0 Å². The first-order valence-electron chi connectivity index (χ1n) is 3.49. The van der Waals surface area contributed by atoms with E-state index in [9.17, 15) is 0 Å². The van der Waals surface area contributed by atoms with Crippen molar-refractivity contribution < 1.29 is 9.47 Å². The molecule has 0 aromatic rings. The van der Waals surface area contributed by atoms with Gasteiger partial charge in [-0.2, -0.15) is 0 Å². The van der Waals surface area contributed by atoms with Crippen LogP contribution in [0.15, 0.2) is 11.8 Å². The zero-order valence-corrected chi connectivity index (χ0v) is 6.81. The van der Waals surface area contributed by atoms with E-state index in [1.807, 2.05) is 0 Å². The molecule has 58 valence electrons. The van der Waals surface area contributed by atoms with Gasteiger partial charge in [0, 0.05) is 6.42 Å². The van der Waals surface area contributed by atoms with Crippen LogP contribution in [0.4, 0.5) is 0 Å². The van der Waals surface area contributed by atoms with Gasteiger partial charge in [-0.1, -0.05) is 0 Å².